The predicted molar refractivity (Wildman–Crippen MR) is 55.4 cm³/mol. The molecule has 82 valence electrons. The summed E-state index contributed by atoms with van der Waals surface area (Å²) in [5, 5.41) is 8.69. The molecule has 0 unspecified atom stereocenters. The van der Waals surface area contributed by atoms with E-state index in [9.17, 15) is 4.79 Å². The number of rotatable bonds is 5. The Morgan fingerprint density at radius 1 is 1.64 bits per heavy atom. The van der Waals surface area contributed by atoms with Gasteiger partial charge in [0.2, 0.25) is 0 Å². The highest BCUT2D eigenvalue weighted by atomic mass is 16.4. The first-order valence-corrected chi connectivity index (χ1v) is 5.24. The second-order valence-electron chi connectivity index (χ2n) is 4.14. The Bertz CT molecular complexity index is 197. The number of carbonyl (C=O) groups is 1. The van der Waals surface area contributed by atoms with Crippen LogP contribution in [0.15, 0.2) is 0 Å². The maximum Gasteiger partial charge on any atom is 0.317 e. The summed E-state index contributed by atoms with van der Waals surface area (Å²) >= 11 is 0. The Morgan fingerprint density at radius 3 is 2.79 bits per heavy atom. The van der Waals surface area contributed by atoms with E-state index in [0.29, 0.717) is 5.92 Å². The van der Waals surface area contributed by atoms with Crippen LogP contribution in [0.5, 0.6) is 0 Å². The molecule has 0 aromatic rings. The van der Waals surface area contributed by atoms with E-state index in [2.05, 4.69) is 11.9 Å². The second kappa shape index (κ2) is 5.32. The molecular formula is C10H20N2O2. The van der Waals surface area contributed by atoms with Crippen molar-refractivity contribution in [2.75, 3.05) is 39.8 Å². The number of hydrogen-bond acceptors (Lipinski definition) is 3. The molecule has 4 heteroatoms. The molecule has 0 amide bonds. The van der Waals surface area contributed by atoms with Crippen LogP contribution in [-0.4, -0.2) is 60.6 Å². The van der Waals surface area contributed by atoms with Crippen LogP contribution in [0.2, 0.25) is 0 Å². The molecule has 1 heterocycles. The van der Waals surface area contributed by atoms with Crippen molar-refractivity contribution >= 4 is 5.97 Å². The Morgan fingerprint density at radius 2 is 2.36 bits per heavy atom. The van der Waals surface area contributed by atoms with E-state index < -0.39 is 5.97 Å². The SMILES string of the molecule is CCN(CC(=O)O)C[C@H]1CCN(C)C1. The Kier molecular flexibility index (Phi) is 4.35. The monoisotopic (exact) mass is 200 g/mol. The molecule has 1 saturated heterocycles. The minimum Gasteiger partial charge on any atom is -0.480 e. The molecule has 1 atom stereocenters. The van der Waals surface area contributed by atoms with Crippen molar-refractivity contribution in [3.8, 4) is 0 Å². The smallest absolute Gasteiger partial charge is 0.317 e. The third-order valence-corrected chi connectivity index (χ3v) is 2.81. The molecule has 0 bridgehead atoms. The van der Waals surface area contributed by atoms with Gasteiger partial charge in [0.25, 0.3) is 0 Å². The molecule has 0 aromatic carbocycles. The minimum absolute atomic E-state index is 0.177. The zero-order valence-electron chi connectivity index (χ0n) is 9.07. The van der Waals surface area contributed by atoms with Crippen LogP contribution in [0.3, 0.4) is 0 Å². The molecule has 0 radical (unpaired) electrons. The van der Waals surface area contributed by atoms with E-state index in [0.717, 1.165) is 26.2 Å². The molecule has 1 rings (SSSR count). The molecule has 0 aliphatic carbocycles. The molecule has 1 fully saturated rings. The van der Waals surface area contributed by atoms with Crippen LogP contribution < -0.4 is 0 Å². The molecule has 1 aliphatic heterocycles. The topological polar surface area (TPSA) is 43.8 Å². The largest absolute Gasteiger partial charge is 0.480 e. The Balaban J connectivity index is 2.29. The zero-order chi connectivity index (χ0) is 10.6. The van der Waals surface area contributed by atoms with Crippen LogP contribution in [0.1, 0.15) is 13.3 Å². The molecule has 0 aromatic heterocycles. The van der Waals surface area contributed by atoms with Gasteiger partial charge in [-0.2, -0.15) is 0 Å². The third kappa shape index (κ3) is 3.64. The third-order valence-electron chi connectivity index (χ3n) is 2.81. The quantitative estimate of drug-likeness (QED) is 0.695. The molecule has 0 saturated carbocycles. The maximum absolute atomic E-state index is 10.6. The normalized spacial score (nSPS) is 23.2. The summed E-state index contributed by atoms with van der Waals surface area (Å²) in [5.41, 5.74) is 0. The van der Waals surface area contributed by atoms with Crippen molar-refractivity contribution < 1.29 is 9.90 Å². The standard InChI is InChI=1S/C10H20N2O2/c1-3-12(8-10(13)14)7-9-4-5-11(2)6-9/h9H,3-8H2,1-2H3,(H,13,14)/t9-/m0/s1. The van der Waals surface area contributed by atoms with Crippen LogP contribution in [0.25, 0.3) is 0 Å². The summed E-state index contributed by atoms with van der Waals surface area (Å²) in [4.78, 5) is 14.9. The maximum atomic E-state index is 10.6. The number of likely N-dealkylation sites (N-methyl/N-ethyl adjacent to an activating group) is 1. The van der Waals surface area contributed by atoms with Crippen molar-refractivity contribution in [3.63, 3.8) is 0 Å². The predicted octanol–water partition coefficient (Wildman–Crippen LogP) is 0.345. The summed E-state index contributed by atoms with van der Waals surface area (Å²) in [6, 6.07) is 0. The summed E-state index contributed by atoms with van der Waals surface area (Å²) in [6.07, 6.45) is 1.20. The van der Waals surface area contributed by atoms with Gasteiger partial charge in [0, 0.05) is 13.1 Å². The number of nitrogens with zero attached hydrogens (tertiary/aromatic N) is 2. The van der Waals surface area contributed by atoms with Gasteiger partial charge in [-0.05, 0) is 32.5 Å². The molecule has 0 spiro atoms. The fraction of sp³-hybridized carbons (Fsp3) is 0.900. The van der Waals surface area contributed by atoms with Gasteiger partial charge in [-0.3, -0.25) is 9.69 Å². The van der Waals surface area contributed by atoms with Crippen molar-refractivity contribution in [1.82, 2.24) is 9.80 Å². The van der Waals surface area contributed by atoms with Gasteiger partial charge in [0.05, 0.1) is 6.54 Å². The van der Waals surface area contributed by atoms with Crippen LogP contribution >= 0.6 is 0 Å². The van der Waals surface area contributed by atoms with Gasteiger partial charge >= 0.3 is 5.97 Å². The van der Waals surface area contributed by atoms with Gasteiger partial charge in [0.15, 0.2) is 0 Å². The number of carboxylic acids is 1. The van der Waals surface area contributed by atoms with E-state index in [1.165, 1.54) is 6.42 Å². The Hall–Kier alpha value is -0.610. The van der Waals surface area contributed by atoms with Crippen LogP contribution in [0, 0.1) is 5.92 Å². The average Bonchev–Trinajstić information content (AvgIpc) is 2.49. The molecular weight excluding hydrogens is 180 g/mol. The molecule has 1 N–H and O–H groups in total. The van der Waals surface area contributed by atoms with Crippen molar-refractivity contribution in [2.45, 2.75) is 13.3 Å². The van der Waals surface area contributed by atoms with Gasteiger partial charge in [-0.25, -0.2) is 0 Å². The Labute approximate surface area is 85.5 Å². The first-order chi connectivity index (χ1) is 6.61. The van der Waals surface area contributed by atoms with Crippen LogP contribution in [-0.2, 0) is 4.79 Å². The number of carboxylic acid groups (broad SMARTS) is 1. The lowest BCUT2D eigenvalue weighted by Crippen LogP contribution is -2.34. The molecule has 1 aliphatic rings. The summed E-state index contributed by atoms with van der Waals surface area (Å²) in [6.45, 7) is 6.20. The summed E-state index contributed by atoms with van der Waals surface area (Å²) in [7, 11) is 2.12. The van der Waals surface area contributed by atoms with E-state index in [1.807, 2.05) is 11.8 Å². The van der Waals surface area contributed by atoms with Gasteiger partial charge in [-0.15, -0.1) is 0 Å². The lowest BCUT2D eigenvalue weighted by Gasteiger charge is -2.21. The highest BCUT2D eigenvalue weighted by Gasteiger charge is 2.22. The van der Waals surface area contributed by atoms with E-state index >= 15 is 0 Å². The molecule has 14 heavy (non-hydrogen) atoms. The lowest BCUT2D eigenvalue weighted by molar-refractivity contribution is -0.138. The second-order valence-corrected chi connectivity index (χ2v) is 4.14. The first kappa shape index (κ1) is 11.5. The van der Waals surface area contributed by atoms with E-state index in [4.69, 9.17) is 5.11 Å². The highest BCUT2D eigenvalue weighted by Crippen LogP contribution is 2.15. The summed E-state index contributed by atoms with van der Waals surface area (Å²) in [5.74, 6) is -0.0718. The number of aliphatic carboxylic acids is 1. The number of hydrogen-bond donors (Lipinski definition) is 1. The molecule has 4 nitrogen and oxygen atoms in total. The minimum atomic E-state index is -0.724. The fourth-order valence-corrected chi connectivity index (χ4v) is 2.04. The zero-order valence-corrected chi connectivity index (χ0v) is 9.07. The van der Waals surface area contributed by atoms with E-state index in [-0.39, 0.29) is 6.54 Å². The van der Waals surface area contributed by atoms with Crippen molar-refractivity contribution in [1.29, 1.82) is 0 Å². The average molecular weight is 200 g/mol. The first-order valence-electron chi connectivity index (χ1n) is 5.24. The van der Waals surface area contributed by atoms with Gasteiger partial charge < -0.3 is 10.0 Å². The highest BCUT2D eigenvalue weighted by molar-refractivity contribution is 5.69. The van der Waals surface area contributed by atoms with Crippen LogP contribution in [0.4, 0.5) is 0 Å². The van der Waals surface area contributed by atoms with Crippen molar-refractivity contribution in [2.24, 2.45) is 5.92 Å². The van der Waals surface area contributed by atoms with E-state index in [1.54, 1.807) is 0 Å². The van der Waals surface area contributed by atoms with Gasteiger partial charge in [0.1, 0.15) is 0 Å². The number of likely N-dealkylation sites (tertiary alicyclic amines) is 1. The lowest BCUT2D eigenvalue weighted by atomic mass is 10.1. The van der Waals surface area contributed by atoms with Gasteiger partial charge in [-0.1, -0.05) is 6.92 Å². The summed E-state index contributed by atoms with van der Waals surface area (Å²) < 4.78 is 0. The van der Waals surface area contributed by atoms with Crippen molar-refractivity contribution in [3.05, 3.63) is 0 Å². The fourth-order valence-electron chi connectivity index (χ4n) is 2.04.